The van der Waals surface area contributed by atoms with Gasteiger partial charge in [-0.3, -0.25) is 9.69 Å². The number of aromatic nitrogens is 4. The van der Waals surface area contributed by atoms with E-state index in [0.717, 1.165) is 31.8 Å². The van der Waals surface area contributed by atoms with E-state index in [1.54, 1.807) is 6.92 Å². The molecular formula is C18H24F2N6O. The summed E-state index contributed by atoms with van der Waals surface area (Å²) in [6, 6.07) is 2.56. The third kappa shape index (κ3) is 4.85. The van der Waals surface area contributed by atoms with Gasteiger partial charge in [-0.05, 0) is 60.8 Å². The van der Waals surface area contributed by atoms with Crippen LogP contribution < -0.4 is 5.32 Å². The average Bonchev–Trinajstić information content (AvgIpc) is 3.07. The maximum Gasteiger partial charge on any atom is 0.242 e. The summed E-state index contributed by atoms with van der Waals surface area (Å²) < 4.78 is 29.2. The molecule has 1 aliphatic rings. The number of carbonyl (C=O) groups is 1. The first-order valence-electron chi connectivity index (χ1n) is 9.11. The van der Waals surface area contributed by atoms with E-state index in [2.05, 4.69) is 32.7 Å². The zero-order valence-electron chi connectivity index (χ0n) is 15.6. The van der Waals surface area contributed by atoms with Crippen molar-refractivity contribution >= 4 is 5.91 Å². The van der Waals surface area contributed by atoms with E-state index < -0.39 is 17.5 Å². The monoisotopic (exact) mass is 378 g/mol. The maximum absolute atomic E-state index is 14.0. The van der Waals surface area contributed by atoms with Crippen LogP contribution in [-0.2, 0) is 24.4 Å². The fourth-order valence-corrected chi connectivity index (χ4v) is 3.14. The highest BCUT2D eigenvalue weighted by Crippen LogP contribution is 2.18. The van der Waals surface area contributed by atoms with Crippen molar-refractivity contribution in [2.75, 3.05) is 13.1 Å². The maximum atomic E-state index is 14.0. The Morgan fingerprint density at radius 3 is 2.78 bits per heavy atom. The molecular weight excluding hydrogens is 354 g/mol. The molecule has 0 aliphatic carbocycles. The topological polar surface area (TPSA) is 75.9 Å². The van der Waals surface area contributed by atoms with Crippen molar-refractivity contribution in [2.24, 2.45) is 5.92 Å². The largest absolute Gasteiger partial charge is 0.350 e. The van der Waals surface area contributed by atoms with Gasteiger partial charge in [0.25, 0.3) is 0 Å². The Balaban J connectivity index is 1.56. The van der Waals surface area contributed by atoms with Gasteiger partial charge in [0.05, 0.1) is 6.54 Å². The van der Waals surface area contributed by atoms with Gasteiger partial charge in [0.15, 0.2) is 5.82 Å². The van der Waals surface area contributed by atoms with E-state index in [1.165, 1.54) is 16.8 Å². The number of rotatable bonds is 6. The molecule has 0 bridgehead atoms. The minimum absolute atomic E-state index is 0.0956. The number of tetrazole rings is 1. The highest BCUT2D eigenvalue weighted by atomic mass is 19.1. The van der Waals surface area contributed by atoms with Crippen LogP contribution in [0.1, 0.15) is 36.7 Å². The van der Waals surface area contributed by atoms with Crippen LogP contribution in [0.2, 0.25) is 0 Å². The number of hydrogen-bond donors (Lipinski definition) is 1. The first-order valence-corrected chi connectivity index (χ1v) is 9.11. The molecule has 1 N–H and O–H groups in total. The molecule has 1 aromatic carbocycles. The van der Waals surface area contributed by atoms with Crippen LogP contribution in [0.25, 0.3) is 0 Å². The minimum atomic E-state index is -0.680. The van der Waals surface area contributed by atoms with Gasteiger partial charge in [0, 0.05) is 12.1 Å². The zero-order valence-corrected chi connectivity index (χ0v) is 15.6. The Labute approximate surface area is 156 Å². The summed E-state index contributed by atoms with van der Waals surface area (Å²) in [7, 11) is 0. The lowest BCUT2D eigenvalue weighted by Crippen LogP contribution is -2.34. The number of hydrogen-bond acceptors (Lipinski definition) is 5. The molecule has 9 heteroatoms. The van der Waals surface area contributed by atoms with Crippen LogP contribution in [0.15, 0.2) is 12.1 Å². The van der Waals surface area contributed by atoms with Crippen LogP contribution in [-0.4, -0.2) is 44.1 Å². The molecule has 0 unspecified atom stereocenters. The van der Waals surface area contributed by atoms with Crippen molar-refractivity contribution in [1.82, 2.24) is 30.4 Å². The van der Waals surface area contributed by atoms with Crippen molar-refractivity contribution < 1.29 is 13.6 Å². The first kappa shape index (κ1) is 19.3. The van der Waals surface area contributed by atoms with Crippen molar-refractivity contribution in [2.45, 2.75) is 46.3 Å². The second-order valence-electron chi connectivity index (χ2n) is 7.14. The number of nitrogens with zero attached hydrogens (tertiary/aromatic N) is 5. The lowest BCUT2D eigenvalue weighted by molar-refractivity contribution is -0.122. The zero-order chi connectivity index (χ0) is 19.4. The quantitative estimate of drug-likeness (QED) is 0.830. The normalized spacial score (nSPS) is 15.9. The number of likely N-dealkylation sites (tertiary alicyclic amines) is 1. The van der Waals surface area contributed by atoms with Crippen molar-refractivity contribution in [3.63, 3.8) is 0 Å². The summed E-state index contributed by atoms with van der Waals surface area (Å²) >= 11 is 0. The number of carbonyl (C=O) groups excluding carboxylic acids is 1. The van der Waals surface area contributed by atoms with Gasteiger partial charge in [-0.2, -0.15) is 0 Å². The van der Waals surface area contributed by atoms with Crippen LogP contribution >= 0.6 is 0 Å². The molecule has 1 saturated heterocycles. The summed E-state index contributed by atoms with van der Waals surface area (Å²) in [5, 5.41) is 14.0. The molecule has 1 amide bonds. The predicted molar refractivity (Wildman–Crippen MR) is 94.4 cm³/mol. The Kier molecular flexibility index (Phi) is 6.10. The molecule has 2 heterocycles. The number of amides is 1. The molecule has 7 nitrogen and oxygen atoms in total. The molecule has 2 aromatic rings. The molecule has 3 rings (SSSR count). The molecule has 0 saturated carbocycles. The Bertz CT molecular complexity index is 801. The Morgan fingerprint density at radius 1 is 1.30 bits per heavy atom. The van der Waals surface area contributed by atoms with Crippen LogP contribution in [0.3, 0.4) is 0 Å². The van der Waals surface area contributed by atoms with Crippen LogP contribution in [0, 0.1) is 24.5 Å². The highest BCUT2D eigenvalue weighted by Gasteiger charge is 2.19. The van der Waals surface area contributed by atoms with E-state index in [4.69, 9.17) is 0 Å². The average molecular weight is 378 g/mol. The third-order valence-electron chi connectivity index (χ3n) is 4.98. The molecule has 0 atom stereocenters. The van der Waals surface area contributed by atoms with Crippen molar-refractivity contribution in [1.29, 1.82) is 0 Å². The van der Waals surface area contributed by atoms with E-state index in [1.807, 2.05) is 0 Å². The summed E-state index contributed by atoms with van der Waals surface area (Å²) in [4.78, 5) is 14.5. The Hall–Kier alpha value is -2.42. The molecule has 1 aliphatic heterocycles. The number of benzene rings is 1. The second kappa shape index (κ2) is 8.51. The van der Waals surface area contributed by atoms with E-state index >= 15 is 0 Å². The fraction of sp³-hybridized carbons (Fsp3) is 0.556. The van der Waals surface area contributed by atoms with E-state index in [-0.39, 0.29) is 18.7 Å². The standard InChI is InChI=1S/C18H24F2N6O/c1-12-5-7-25(8-6-12)10-16-22-23-24-26(16)11-17(27)21-9-14-15(19)4-3-13(2)18(14)20/h3-4,12H,5-11H2,1-2H3,(H,21,27). The summed E-state index contributed by atoms with van der Waals surface area (Å²) in [6.07, 6.45) is 2.27. The highest BCUT2D eigenvalue weighted by molar-refractivity contribution is 5.75. The van der Waals surface area contributed by atoms with Gasteiger partial charge in [0.1, 0.15) is 18.2 Å². The first-order chi connectivity index (χ1) is 12.9. The van der Waals surface area contributed by atoms with Crippen LogP contribution in [0.4, 0.5) is 8.78 Å². The number of piperidine rings is 1. The third-order valence-corrected chi connectivity index (χ3v) is 4.98. The van der Waals surface area contributed by atoms with Gasteiger partial charge in [-0.15, -0.1) is 5.10 Å². The predicted octanol–water partition coefficient (Wildman–Crippen LogP) is 1.81. The van der Waals surface area contributed by atoms with Gasteiger partial charge in [-0.25, -0.2) is 13.5 Å². The smallest absolute Gasteiger partial charge is 0.242 e. The van der Waals surface area contributed by atoms with Crippen molar-refractivity contribution in [3.8, 4) is 0 Å². The fourth-order valence-electron chi connectivity index (χ4n) is 3.14. The van der Waals surface area contributed by atoms with Gasteiger partial charge in [0.2, 0.25) is 5.91 Å². The second-order valence-corrected chi connectivity index (χ2v) is 7.14. The van der Waals surface area contributed by atoms with E-state index in [0.29, 0.717) is 17.9 Å². The lowest BCUT2D eigenvalue weighted by atomic mass is 9.99. The molecule has 1 fully saturated rings. The van der Waals surface area contributed by atoms with Crippen LogP contribution in [0.5, 0.6) is 0 Å². The minimum Gasteiger partial charge on any atom is -0.350 e. The van der Waals surface area contributed by atoms with E-state index in [9.17, 15) is 13.6 Å². The lowest BCUT2D eigenvalue weighted by Gasteiger charge is -2.29. The van der Waals surface area contributed by atoms with Crippen molar-refractivity contribution in [3.05, 3.63) is 40.7 Å². The number of nitrogens with one attached hydrogen (secondary N) is 1. The molecule has 1 aromatic heterocycles. The number of aryl methyl sites for hydroxylation is 1. The summed E-state index contributed by atoms with van der Waals surface area (Å²) in [6.45, 7) is 6.01. The number of halogens is 2. The molecule has 0 spiro atoms. The van der Waals surface area contributed by atoms with Gasteiger partial charge in [-0.1, -0.05) is 13.0 Å². The molecule has 27 heavy (non-hydrogen) atoms. The Morgan fingerprint density at radius 2 is 2.04 bits per heavy atom. The van der Waals surface area contributed by atoms with Gasteiger partial charge >= 0.3 is 0 Å². The summed E-state index contributed by atoms with van der Waals surface area (Å²) in [5.41, 5.74) is 0.182. The molecule has 0 radical (unpaired) electrons. The summed E-state index contributed by atoms with van der Waals surface area (Å²) in [5.74, 6) is -0.396. The van der Waals surface area contributed by atoms with Gasteiger partial charge < -0.3 is 5.32 Å². The SMILES string of the molecule is Cc1ccc(F)c(CNC(=O)Cn2nnnc2CN2CCC(C)CC2)c1F. The molecule has 146 valence electrons.